The van der Waals surface area contributed by atoms with Crippen LogP contribution in [0.15, 0.2) is 24.4 Å². The Balaban J connectivity index is 2.52. The summed E-state index contributed by atoms with van der Waals surface area (Å²) < 4.78 is 0. The van der Waals surface area contributed by atoms with Gasteiger partial charge >= 0.3 is 0 Å². The van der Waals surface area contributed by atoms with Crippen molar-refractivity contribution in [2.45, 2.75) is 12.2 Å². The van der Waals surface area contributed by atoms with E-state index in [9.17, 15) is 10.2 Å². The number of nitrogens with zero attached hydrogens (tertiary/aromatic N) is 1. The molecular formula is C9H9NO2. The van der Waals surface area contributed by atoms with Gasteiger partial charge in [0.05, 0.1) is 5.69 Å². The van der Waals surface area contributed by atoms with Gasteiger partial charge in [-0.25, -0.2) is 0 Å². The van der Waals surface area contributed by atoms with Crippen LogP contribution in [-0.2, 0) is 0 Å². The standard InChI is InChI=1S/C9H9NO2/c11-8-4-3-7-6(9(8)12)2-1-5-10-7/h1-5,8-9,11-12H/t8-,9-/m1/s1. The van der Waals surface area contributed by atoms with Gasteiger partial charge in [0, 0.05) is 11.8 Å². The van der Waals surface area contributed by atoms with Crippen LogP contribution in [0, 0.1) is 0 Å². The van der Waals surface area contributed by atoms with Gasteiger partial charge < -0.3 is 10.2 Å². The highest BCUT2D eigenvalue weighted by molar-refractivity contribution is 5.54. The van der Waals surface area contributed by atoms with E-state index in [0.717, 1.165) is 5.69 Å². The molecule has 1 aliphatic rings. The highest BCUT2D eigenvalue weighted by Gasteiger charge is 2.21. The minimum Gasteiger partial charge on any atom is -0.386 e. The Kier molecular flexibility index (Phi) is 1.67. The predicted molar refractivity (Wildman–Crippen MR) is 44.2 cm³/mol. The lowest BCUT2D eigenvalue weighted by molar-refractivity contribution is 0.0467. The Morgan fingerprint density at radius 2 is 2.17 bits per heavy atom. The van der Waals surface area contributed by atoms with E-state index >= 15 is 0 Å². The molecule has 2 N–H and O–H groups in total. The number of rotatable bonds is 0. The van der Waals surface area contributed by atoms with E-state index in [1.165, 1.54) is 0 Å². The lowest BCUT2D eigenvalue weighted by Gasteiger charge is -2.20. The van der Waals surface area contributed by atoms with Crippen molar-refractivity contribution in [1.82, 2.24) is 4.98 Å². The van der Waals surface area contributed by atoms with Gasteiger partial charge in [0.15, 0.2) is 0 Å². The molecule has 0 aliphatic heterocycles. The maximum absolute atomic E-state index is 9.49. The summed E-state index contributed by atoms with van der Waals surface area (Å²) in [5.41, 5.74) is 1.42. The molecule has 2 atom stereocenters. The van der Waals surface area contributed by atoms with Crippen molar-refractivity contribution in [2.75, 3.05) is 0 Å². The first-order valence-corrected chi connectivity index (χ1v) is 3.78. The van der Waals surface area contributed by atoms with Gasteiger partial charge in [-0.2, -0.15) is 0 Å². The van der Waals surface area contributed by atoms with Crippen molar-refractivity contribution in [3.8, 4) is 0 Å². The topological polar surface area (TPSA) is 53.4 Å². The second-order valence-electron chi connectivity index (χ2n) is 2.77. The number of aliphatic hydroxyl groups is 2. The Labute approximate surface area is 70.0 Å². The second-order valence-corrected chi connectivity index (χ2v) is 2.77. The number of aromatic nitrogens is 1. The SMILES string of the molecule is O[C@@H]1C=Cc2ncccc2[C@H]1O. The maximum atomic E-state index is 9.49. The fraction of sp³-hybridized carbons (Fsp3) is 0.222. The maximum Gasteiger partial charge on any atom is 0.111 e. The molecule has 12 heavy (non-hydrogen) atoms. The summed E-state index contributed by atoms with van der Waals surface area (Å²) in [5, 5.41) is 18.7. The number of hydrogen-bond donors (Lipinski definition) is 2. The molecule has 0 saturated heterocycles. The van der Waals surface area contributed by atoms with Gasteiger partial charge in [-0.15, -0.1) is 0 Å². The van der Waals surface area contributed by atoms with Gasteiger partial charge in [-0.1, -0.05) is 12.1 Å². The van der Waals surface area contributed by atoms with Crippen LogP contribution in [0.2, 0.25) is 0 Å². The Hall–Kier alpha value is -1.19. The number of fused-ring (bicyclic) bond motifs is 1. The molecule has 0 bridgehead atoms. The second kappa shape index (κ2) is 2.69. The number of hydrogen-bond acceptors (Lipinski definition) is 3. The van der Waals surface area contributed by atoms with E-state index in [-0.39, 0.29) is 0 Å². The highest BCUT2D eigenvalue weighted by Crippen LogP contribution is 2.25. The first kappa shape index (κ1) is 7.46. The zero-order valence-corrected chi connectivity index (χ0v) is 6.38. The normalized spacial score (nSPS) is 26.8. The van der Waals surface area contributed by atoms with Crippen LogP contribution in [0.5, 0.6) is 0 Å². The van der Waals surface area contributed by atoms with Gasteiger partial charge in [-0.05, 0) is 12.1 Å². The van der Waals surface area contributed by atoms with Crippen molar-refractivity contribution in [3.63, 3.8) is 0 Å². The monoisotopic (exact) mass is 163 g/mol. The van der Waals surface area contributed by atoms with Crippen LogP contribution in [-0.4, -0.2) is 21.3 Å². The van der Waals surface area contributed by atoms with Crippen LogP contribution in [0.4, 0.5) is 0 Å². The average Bonchev–Trinajstić information content (AvgIpc) is 2.12. The van der Waals surface area contributed by atoms with Crippen LogP contribution in [0.1, 0.15) is 17.4 Å². The molecular weight excluding hydrogens is 154 g/mol. The van der Waals surface area contributed by atoms with Gasteiger partial charge in [0.1, 0.15) is 12.2 Å². The third-order valence-corrected chi connectivity index (χ3v) is 1.96. The third-order valence-electron chi connectivity index (χ3n) is 1.96. The van der Waals surface area contributed by atoms with Crippen LogP contribution in [0.3, 0.4) is 0 Å². The van der Waals surface area contributed by atoms with Gasteiger partial charge in [0.25, 0.3) is 0 Å². The number of aliphatic hydroxyl groups excluding tert-OH is 2. The molecule has 0 saturated carbocycles. The van der Waals surface area contributed by atoms with Crippen molar-refractivity contribution >= 4 is 6.08 Å². The summed E-state index contributed by atoms with van der Waals surface area (Å²) in [7, 11) is 0. The Morgan fingerprint density at radius 3 is 3.00 bits per heavy atom. The summed E-state index contributed by atoms with van der Waals surface area (Å²) in [6.07, 6.45) is 3.28. The highest BCUT2D eigenvalue weighted by atomic mass is 16.3. The van der Waals surface area contributed by atoms with Crippen LogP contribution in [0.25, 0.3) is 6.08 Å². The summed E-state index contributed by atoms with van der Waals surface area (Å²) in [6, 6.07) is 3.51. The van der Waals surface area contributed by atoms with Gasteiger partial charge in [-0.3, -0.25) is 4.98 Å². The predicted octanol–water partition coefficient (Wildman–Crippen LogP) is 0.503. The molecule has 0 radical (unpaired) electrons. The van der Waals surface area contributed by atoms with Crippen molar-refractivity contribution < 1.29 is 10.2 Å². The van der Waals surface area contributed by atoms with Crippen molar-refractivity contribution in [1.29, 1.82) is 0 Å². The minimum atomic E-state index is -0.835. The lowest BCUT2D eigenvalue weighted by atomic mass is 9.97. The van der Waals surface area contributed by atoms with E-state index in [4.69, 9.17) is 0 Å². The van der Waals surface area contributed by atoms with Gasteiger partial charge in [0.2, 0.25) is 0 Å². The third kappa shape index (κ3) is 1.03. The zero-order valence-electron chi connectivity index (χ0n) is 6.38. The van der Waals surface area contributed by atoms with Crippen molar-refractivity contribution in [3.05, 3.63) is 35.7 Å². The quantitative estimate of drug-likeness (QED) is 0.585. The molecule has 0 aromatic carbocycles. The minimum absolute atomic E-state index is 0.688. The Bertz CT molecular complexity index is 322. The average molecular weight is 163 g/mol. The lowest BCUT2D eigenvalue weighted by Crippen LogP contribution is -2.19. The smallest absolute Gasteiger partial charge is 0.111 e. The molecule has 1 aliphatic carbocycles. The molecule has 1 heterocycles. The molecule has 3 nitrogen and oxygen atoms in total. The molecule has 1 aromatic rings. The molecule has 0 amide bonds. The van der Waals surface area contributed by atoms with E-state index in [0.29, 0.717) is 5.56 Å². The fourth-order valence-corrected chi connectivity index (χ4v) is 1.30. The first-order chi connectivity index (χ1) is 5.79. The summed E-state index contributed by atoms with van der Waals surface area (Å²) in [4.78, 5) is 4.05. The van der Waals surface area contributed by atoms with Crippen molar-refractivity contribution in [2.24, 2.45) is 0 Å². The number of pyridine rings is 1. The fourth-order valence-electron chi connectivity index (χ4n) is 1.30. The molecule has 2 rings (SSSR count). The molecule has 1 aromatic heterocycles. The van der Waals surface area contributed by atoms with Crippen LogP contribution < -0.4 is 0 Å². The van der Waals surface area contributed by atoms with Crippen LogP contribution >= 0.6 is 0 Å². The summed E-state index contributed by atoms with van der Waals surface area (Å²) in [6.45, 7) is 0. The van der Waals surface area contributed by atoms with E-state index in [1.807, 2.05) is 0 Å². The summed E-state index contributed by atoms with van der Waals surface area (Å²) >= 11 is 0. The van der Waals surface area contributed by atoms with E-state index in [2.05, 4.69) is 4.98 Å². The summed E-state index contributed by atoms with van der Waals surface area (Å²) in [5.74, 6) is 0. The molecule has 0 unspecified atom stereocenters. The molecule has 0 spiro atoms. The van der Waals surface area contributed by atoms with E-state index in [1.54, 1.807) is 30.5 Å². The first-order valence-electron chi connectivity index (χ1n) is 3.78. The van der Waals surface area contributed by atoms with E-state index < -0.39 is 12.2 Å². The zero-order chi connectivity index (χ0) is 8.55. The molecule has 0 fully saturated rings. The molecule has 3 heteroatoms. The largest absolute Gasteiger partial charge is 0.386 e. The molecule has 62 valence electrons. The Morgan fingerprint density at radius 1 is 1.33 bits per heavy atom.